The fourth-order valence-corrected chi connectivity index (χ4v) is 3.45. The minimum Gasteiger partial charge on any atom is -0.469 e. The van der Waals surface area contributed by atoms with E-state index in [0.29, 0.717) is 10.5 Å². The van der Waals surface area contributed by atoms with Crippen molar-refractivity contribution in [2.75, 3.05) is 14.2 Å². The Morgan fingerprint density at radius 3 is 1.80 bits per heavy atom. The van der Waals surface area contributed by atoms with E-state index in [0.717, 1.165) is 14.2 Å². The lowest BCUT2D eigenvalue weighted by atomic mass is 9.90. The number of hydrogen-bond donors (Lipinski definition) is 0. The fraction of sp³-hybridized carbons (Fsp3) is 0.227. The van der Waals surface area contributed by atoms with E-state index in [1.165, 1.54) is 12.1 Å². The molecule has 30 heavy (non-hydrogen) atoms. The molecule has 0 fully saturated rings. The maximum Gasteiger partial charge on any atom is 0.330 e. The number of fused-ring (bicyclic) bond motifs is 1. The van der Waals surface area contributed by atoms with Gasteiger partial charge in [-0.05, 0) is 12.1 Å². The predicted octanol–water partition coefficient (Wildman–Crippen LogP) is 1.89. The van der Waals surface area contributed by atoms with Crippen LogP contribution in [0.3, 0.4) is 0 Å². The van der Waals surface area contributed by atoms with Crippen molar-refractivity contribution < 1.29 is 33.4 Å². The normalized spacial score (nSPS) is 14.7. The molecular formula is C22H19NO7. The minimum atomic E-state index is -1.65. The number of benzene rings is 2. The first-order chi connectivity index (χ1) is 14.4. The maximum atomic E-state index is 12.9. The number of Topliss-reactive ketones (excluding diaryl/α,β-unsaturated/α-hetero) is 1. The molecule has 0 radical (unpaired) electrons. The average Bonchev–Trinajstić information content (AvgIpc) is 3.03. The van der Waals surface area contributed by atoms with Gasteiger partial charge in [0.2, 0.25) is 0 Å². The third-order valence-corrected chi connectivity index (χ3v) is 4.93. The standard InChI is InChI=1S/C22H19NO7/c1-29-21(27)16(12-17(24)13-8-4-3-5-9-13)18(22(28)30-2)23-19(25)14-10-6-7-11-15(14)20(23)26/h3-11,16,18H,12H2,1-2H3/t16-,18-/m0/s1. The summed E-state index contributed by atoms with van der Waals surface area (Å²) in [5.74, 6) is -5.28. The zero-order valence-electron chi connectivity index (χ0n) is 16.4. The summed E-state index contributed by atoms with van der Waals surface area (Å²) in [7, 11) is 2.17. The number of nitrogens with zero attached hydrogens (tertiary/aromatic N) is 1. The Morgan fingerprint density at radius 2 is 1.30 bits per heavy atom. The Balaban J connectivity index is 2.02. The second-order valence-electron chi connectivity index (χ2n) is 6.62. The van der Waals surface area contributed by atoms with E-state index >= 15 is 0 Å². The Labute approximate surface area is 172 Å². The van der Waals surface area contributed by atoms with Crippen molar-refractivity contribution in [3.05, 3.63) is 71.3 Å². The van der Waals surface area contributed by atoms with E-state index in [2.05, 4.69) is 0 Å². The summed E-state index contributed by atoms with van der Waals surface area (Å²) >= 11 is 0. The molecule has 2 atom stereocenters. The summed E-state index contributed by atoms with van der Waals surface area (Å²) in [6.45, 7) is 0. The van der Waals surface area contributed by atoms with Gasteiger partial charge in [-0.3, -0.25) is 24.1 Å². The highest BCUT2D eigenvalue weighted by molar-refractivity contribution is 6.23. The summed E-state index contributed by atoms with van der Waals surface area (Å²) in [5, 5.41) is 0. The molecule has 1 aliphatic rings. The predicted molar refractivity (Wildman–Crippen MR) is 104 cm³/mol. The molecule has 0 N–H and O–H groups in total. The van der Waals surface area contributed by atoms with E-state index in [-0.39, 0.29) is 11.1 Å². The van der Waals surface area contributed by atoms with Crippen LogP contribution in [0.1, 0.15) is 37.5 Å². The van der Waals surface area contributed by atoms with Crippen LogP contribution in [0.2, 0.25) is 0 Å². The van der Waals surface area contributed by atoms with Gasteiger partial charge >= 0.3 is 11.9 Å². The summed E-state index contributed by atoms with van der Waals surface area (Å²) in [5.41, 5.74) is 0.529. The molecule has 154 valence electrons. The number of carbonyl (C=O) groups is 5. The van der Waals surface area contributed by atoms with E-state index in [4.69, 9.17) is 9.47 Å². The van der Waals surface area contributed by atoms with E-state index in [1.54, 1.807) is 42.5 Å². The zero-order chi connectivity index (χ0) is 21.8. The lowest BCUT2D eigenvalue weighted by Gasteiger charge is -2.29. The number of ketones is 1. The summed E-state index contributed by atoms with van der Waals surface area (Å²) in [6, 6.07) is 12.6. The number of rotatable bonds is 7. The van der Waals surface area contributed by atoms with Crippen molar-refractivity contribution in [2.24, 2.45) is 5.92 Å². The molecule has 0 aromatic heterocycles. The molecule has 2 amide bonds. The minimum absolute atomic E-state index is 0.106. The first-order valence-corrected chi connectivity index (χ1v) is 9.11. The number of ether oxygens (including phenoxy) is 2. The molecule has 1 aliphatic heterocycles. The lowest BCUT2D eigenvalue weighted by Crippen LogP contribution is -2.52. The number of methoxy groups -OCH3 is 2. The van der Waals surface area contributed by atoms with Crippen molar-refractivity contribution in [1.82, 2.24) is 4.90 Å². The summed E-state index contributed by atoms with van der Waals surface area (Å²) < 4.78 is 9.56. The quantitative estimate of drug-likeness (QED) is 0.390. The molecular weight excluding hydrogens is 390 g/mol. The van der Waals surface area contributed by atoms with Crippen molar-refractivity contribution >= 4 is 29.5 Å². The Morgan fingerprint density at radius 1 is 0.800 bits per heavy atom. The molecule has 0 spiro atoms. The Hall–Kier alpha value is -3.81. The molecule has 0 bridgehead atoms. The average molecular weight is 409 g/mol. The van der Waals surface area contributed by atoms with Gasteiger partial charge in [-0.1, -0.05) is 42.5 Å². The number of imide groups is 1. The SMILES string of the molecule is COC(=O)[C@@H](CC(=O)c1ccccc1)[C@@H](C(=O)OC)N1C(=O)c2ccccc2C1=O. The molecule has 2 aromatic rings. The topological polar surface area (TPSA) is 107 Å². The largest absolute Gasteiger partial charge is 0.469 e. The van der Waals surface area contributed by atoms with Crippen LogP contribution in [0, 0.1) is 5.92 Å². The van der Waals surface area contributed by atoms with Gasteiger partial charge in [0.15, 0.2) is 11.8 Å². The third kappa shape index (κ3) is 3.71. The van der Waals surface area contributed by atoms with Gasteiger partial charge in [0.1, 0.15) is 0 Å². The van der Waals surface area contributed by atoms with Gasteiger partial charge in [-0.25, -0.2) is 4.79 Å². The molecule has 1 heterocycles. The molecule has 0 saturated carbocycles. The van der Waals surface area contributed by atoms with Gasteiger partial charge in [-0.2, -0.15) is 0 Å². The van der Waals surface area contributed by atoms with E-state index < -0.39 is 47.9 Å². The lowest BCUT2D eigenvalue weighted by molar-refractivity contribution is -0.157. The van der Waals surface area contributed by atoms with Gasteiger partial charge in [0.05, 0.1) is 31.3 Å². The van der Waals surface area contributed by atoms with Gasteiger partial charge in [0, 0.05) is 12.0 Å². The maximum absolute atomic E-state index is 12.9. The molecule has 8 heteroatoms. The first-order valence-electron chi connectivity index (χ1n) is 9.11. The second kappa shape index (κ2) is 8.69. The van der Waals surface area contributed by atoms with Crippen molar-refractivity contribution in [2.45, 2.75) is 12.5 Å². The number of amides is 2. The Bertz CT molecular complexity index is 980. The smallest absolute Gasteiger partial charge is 0.330 e. The molecule has 0 saturated heterocycles. The first kappa shape index (κ1) is 20.9. The highest BCUT2D eigenvalue weighted by Gasteiger charge is 2.49. The number of esters is 2. The van der Waals surface area contributed by atoms with Gasteiger partial charge in [-0.15, -0.1) is 0 Å². The van der Waals surface area contributed by atoms with Crippen LogP contribution in [0.15, 0.2) is 54.6 Å². The van der Waals surface area contributed by atoms with Crippen molar-refractivity contribution in [3.63, 3.8) is 0 Å². The third-order valence-electron chi connectivity index (χ3n) is 4.93. The molecule has 0 unspecified atom stereocenters. The number of hydrogen-bond acceptors (Lipinski definition) is 7. The molecule has 3 rings (SSSR count). The second-order valence-corrected chi connectivity index (χ2v) is 6.62. The van der Waals surface area contributed by atoms with Gasteiger partial charge in [0.25, 0.3) is 11.8 Å². The summed E-state index contributed by atoms with van der Waals surface area (Å²) in [6.07, 6.45) is -0.455. The van der Waals surface area contributed by atoms with E-state index in [9.17, 15) is 24.0 Å². The molecule has 2 aromatic carbocycles. The summed E-state index contributed by atoms with van der Waals surface area (Å²) in [4.78, 5) is 64.4. The van der Waals surface area contributed by atoms with Crippen LogP contribution < -0.4 is 0 Å². The Kier molecular flexibility index (Phi) is 6.06. The van der Waals surface area contributed by atoms with Crippen molar-refractivity contribution in [3.8, 4) is 0 Å². The zero-order valence-corrected chi connectivity index (χ0v) is 16.4. The molecule has 0 aliphatic carbocycles. The van der Waals surface area contributed by atoms with Crippen LogP contribution in [0.25, 0.3) is 0 Å². The molecule has 8 nitrogen and oxygen atoms in total. The van der Waals surface area contributed by atoms with Crippen molar-refractivity contribution in [1.29, 1.82) is 0 Å². The van der Waals surface area contributed by atoms with Crippen LogP contribution in [-0.4, -0.2) is 54.7 Å². The van der Waals surface area contributed by atoms with Crippen LogP contribution in [0.5, 0.6) is 0 Å². The van der Waals surface area contributed by atoms with Gasteiger partial charge < -0.3 is 9.47 Å². The number of carbonyl (C=O) groups excluding carboxylic acids is 5. The van der Waals surface area contributed by atoms with E-state index in [1.807, 2.05) is 0 Å². The fourth-order valence-electron chi connectivity index (χ4n) is 3.45. The monoisotopic (exact) mass is 409 g/mol. The van der Waals surface area contributed by atoms with Crippen LogP contribution in [-0.2, 0) is 19.1 Å². The van der Waals surface area contributed by atoms with Crippen LogP contribution >= 0.6 is 0 Å². The highest BCUT2D eigenvalue weighted by atomic mass is 16.5. The van der Waals surface area contributed by atoms with Crippen LogP contribution in [0.4, 0.5) is 0 Å². The highest BCUT2D eigenvalue weighted by Crippen LogP contribution is 2.30.